The molecule has 1 aliphatic rings. The number of hydrogen-bond donors (Lipinski definition) is 0. The van der Waals surface area contributed by atoms with Crippen LogP contribution in [0.5, 0.6) is 0 Å². The summed E-state index contributed by atoms with van der Waals surface area (Å²) in [6.07, 6.45) is 0.272. The Morgan fingerprint density at radius 1 is 1.35 bits per heavy atom. The van der Waals surface area contributed by atoms with Crippen LogP contribution in [0, 0.1) is 11.3 Å². The van der Waals surface area contributed by atoms with Gasteiger partial charge in [-0.3, -0.25) is 4.79 Å². The van der Waals surface area contributed by atoms with Gasteiger partial charge in [-0.05, 0) is 12.1 Å². The van der Waals surface area contributed by atoms with Crippen LogP contribution in [-0.4, -0.2) is 17.8 Å². The summed E-state index contributed by atoms with van der Waals surface area (Å²) in [5, 5.41) is 9.11. The third-order valence-electron chi connectivity index (χ3n) is 2.49. The smallest absolute Gasteiger partial charge is 0.228 e. The molecule has 0 aliphatic carbocycles. The fraction of sp³-hybridized carbons (Fsp3) is 0.273. The number of rotatable bonds is 1. The molecule has 0 bridgehead atoms. The molecule has 0 saturated carbocycles. The predicted octanol–water partition coefficient (Wildman–Crippen LogP) is 3.21. The highest BCUT2D eigenvalue weighted by molar-refractivity contribution is 6.40. The van der Waals surface area contributed by atoms with Gasteiger partial charge in [0.05, 0.1) is 32.7 Å². The predicted molar refractivity (Wildman–Crippen MR) is 67.8 cm³/mol. The summed E-state index contributed by atoms with van der Waals surface area (Å²) in [6, 6.07) is 4.92. The Kier molecular flexibility index (Phi) is 3.48. The van der Waals surface area contributed by atoms with Crippen LogP contribution in [0.1, 0.15) is 12.0 Å². The standard InChI is InChI=1S/C11H7Cl3N2O/c12-7-3-10(17)16(5-7)11-8(13)1-6(4-15)2-9(11)14/h1-2,7H,3,5H2. The molecule has 1 atom stereocenters. The highest BCUT2D eigenvalue weighted by atomic mass is 35.5. The van der Waals surface area contributed by atoms with Crippen LogP contribution < -0.4 is 4.90 Å². The molecule has 6 heteroatoms. The lowest BCUT2D eigenvalue weighted by Crippen LogP contribution is -2.25. The van der Waals surface area contributed by atoms with E-state index in [-0.39, 0.29) is 27.8 Å². The van der Waals surface area contributed by atoms with Gasteiger partial charge < -0.3 is 4.90 Å². The SMILES string of the molecule is N#Cc1cc(Cl)c(N2CC(Cl)CC2=O)c(Cl)c1. The molecule has 0 aromatic heterocycles. The average molecular weight is 290 g/mol. The number of anilines is 1. The minimum atomic E-state index is -0.231. The first-order chi connectivity index (χ1) is 8.02. The van der Waals surface area contributed by atoms with Crippen molar-refractivity contribution in [3.63, 3.8) is 0 Å². The lowest BCUT2D eigenvalue weighted by atomic mass is 10.2. The second-order valence-corrected chi connectivity index (χ2v) is 5.14. The van der Waals surface area contributed by atoms with E-state index in [0.717, 1.165) is 0 Å². The zero-order chi connectivity index (χ0) is 12.6. The largest absolute Gasteiger partial charge is 0.308 e. The Morgan fingerprint density at radius 3 is 2.35 bits per heavy atom. The number of nitriles is 1. The number of hydrogen-bond acceptors (Lipinski definition) is 2. The number of halogens is 3. The average Bonchev–Trinajstić information content (AvgIpc) is 2.57. The van der Waals surface area contributed by atoms with Crippen molar-refractivity contribution >= 4 is 46.4 Å². The molecule has 1 aliphatic heterocycles. The number of carbonyl (C=O) groups is 1. The van der Waals surface area contributed by atoms with E-state index in [1.54, 1.807) is 0 Å². The number of nitrogens with zero attached hydrogens (tertiary/aromatic N) is 2. The van der Waals surface area contributed by atoms with Crippen LogP contribution >= 0.6 is 34.8 Å². The zero-order valence-corrected chi connectivity index (χ0v) is 10.9. The fourth-order valence-electron chi connectivity index (χ4n) is 1.77. The summed E-state index contributed by atoms with van der Waals surface area (Å²) < 4.78 is 0. The van der Waals surface area contributed by atoms with Gasteiger partial charge in [0.2, 0.25) is 5.91 Å². The number of amides is 1. The Balaban J connectivity index is 2.47. The van der Waals surface area contributed by atoms with E-state index in [9.17, 15) is 4.79 Å². The van der Waals surface area contributed by atoms with E-state index < -0.39 is 0 Å². The first-order valence-electron chi connectivity index (χ1n) is 4.86. The van der Waals surface area contributed by atoms with Gasteiger partial charge in [-0.2, -0.15) is 5.26 Å². The minimum Gasteiger partial charge on any atom is -0.308 e. The molecule has 1 aromatic carbocycles. The van der Waals surface area contributed by atoms with Gasteiger partial charge in [-0.25, -0.2) is 0 Å². The molecule has 0 N–H and O–H groups in total. The van der Waals surface area contributed by atoms with Crippen molar-refractivity contribution in [3.05, 3.63) is 27.7 Å². The summed E-state index contributed by atoms with van der Waals surface area (Å²) in [7, 11) is 0. The van der Waals surface area contributed by atoms with Crippen LogP contribution in [-0.2, 0) is 4.79 Å². The van der Waals surface area contributed by atoms with Crippen LogP contribution in [0.2, 0.25) is 10.0 Å². The van der Waals surface area contributed by atoms with Crippen molar-refractivity contribution in [2.75, 3.05) is 11.4 Å². The molecule has 3 nitrogen and oxygen atoms in total. The van der Waals surface area contributed by atoms with Gasteiger partial charge in [-0.1, -0.05) is 23.2 Å². The van der Waals surface area contributed by atoms with Crippen molar-refractivity contribution in [3.8, 4) is 6.07 Å². The minimum absolute atomic E-state index is 0.112. The number of alkyl halides is 1. The lowest BCUT2D eigenvalue weighted by Gasteiger charge is -2.19. The Hall–Kier alpha value is -0.950. The Bertz CT molecular complexity index is 501. The van der Waals surface area contributed by atoms with Gasteiger partial charge in [0.25, 0.3) is 0 Å². The van der Waals surface area contributed by atoms with Crippen LogP contribution in [0.3, 0.4) is 0 Å². The third kappa shape index (κ3) is 2.35. The first kappa shape index (κ1) is 12.5. The van der Waals surface area contributed by atoms with Gasteiger partial charge in [0.1, 0.15) is 0 Å². The number of carbonyl (C=O) groups excluding carboxylic acids is 1. The quantitative estimate of drug-likeness (QED) is 0.745. The van der Waals surface area contributed by atoms with Gasteiger partial charge in [-0.15, -0.1) is 11.6 Å². The van der Waals surface area contributed by atoms with Crippen molar-refractivity contribution in [2.45, 2.75) is 11.8 Å². The molecular weight excluding hydrogens is 282 g/mol. The topological polar surface area (TPSA) is 44.1 Å². The first-order valence-corrected chi connectivity index (χ1v) is 6.05. The van der Waals surface area contributed by atoms with Crippen LogP contribution in [0.25, 0.3) is 0 Å². The molecule has 1 aromatic rings. The van der Waals surface area contributed by atoms with E-state index >= 15 is 0 Å². The van der Waals surface area contributed by atoms with Crippen molar-refractivity contribution in [2.24, 2.45) is 0 Å². The van der Waals surface area contributed by atoms with Gasteiger partial charge in [0, 0.05) is 13.0 Å². The maximum absolute atomic E-state index is 11.7. The maximum Gasteiger partial charge on any atom is 0.228 e. The molecule has 1 saturated heterocycles. The molecule has 1 unspecified atom stereocenters. The number of benzene rings is 1. The van der Waals surface area contributed by atoms with Crippen LogP contribution in [0.4, 0.5) is 5.69 Å². The summed E-state index contributed by atoms with van der Waals surface area (Å²) in [4.78, 5) is 13.2. The summed E-state index contributed by atoms with van der Waals surface area (Å²) in [6.45, 7) is 0.381. The molecule has 2 rings (SSSR count). The van der Waals surface area contributed by atoms with E-state index in [1.165, 1.54) is 17.0 Å². The summed E-state index contributed by atoms with van der Waals surface area (Å²) in [5.74, 6) is -0.112. The highest BCUT2D eigenvalue weighted by Crippen LogP contribution is 2.37. The Morgan fingerprint density at radius 2 is 1.94 bits per heavy atom. The molecular formula is C11H7Cl3N2O. The molecule has 1 amide bonds. The normalized spacial score (nSPS) is 19.5. The second-order valence-electron chi connectivity index (χ2n) is 3.71. The monoisotopic (exact) mass is 288 g/mol. The van der Waals surface area contributed by atoms with Crippen LogP contribution in [0.15, 0.2) is 12.1 Å². The zero-order valence-electron chi connectivity index (χ0n) is 8.58. The molecule has 88 valence electrons. The van der Waals surface area contributed by atoms with Crippen molar-refractivity contribution in [1.29, 1.82) is 5.26 Å². The maximum atomic E-state index is 11.7. The van der Waals surface area contributed by atoms with Gasteiger partial charge >= 0.3 is 0 Å². The molecule has 17 heavy (non-hydrogen) atoms. The molecule has 0 radical (unpaired) electrons. The fourth-order valence-corrected chi connectivity index (χ4v) is 2.73. The molecule has 1 heterocycles. The molecule has 1 fully saturated rings. The molecule has 0 spiro atoms. The van der Waals surface area contributed by atoms with E-state index in [2.05, 4.69) is 0 Å². The summed E-state index contributed by atoms with van der Waals surface area (Å²) in [5.41, 5.74) is 0.790. The van der Waals surface area contributed by atoms with Gasteiger partial charge in [0.15, 0.2) is 0 Å². The second kappa shape index (κ2) is 4.73. The van der Waals surface area contributed by atoms with E-state index in [0.29, 0.717) is 17.8 Å². The van der Waals surface area contributed by atoms with E-state index in [1.807, 2.05) is 6.07 Å². The van der Waals surface area contributed by atoms with E-state index in [4.69, 9.17) is 40.1 Å². The lowest BCUT2D eigenvalue weighted by molar-refractivity contribution is -0.117. The highest BCUT2D eigenvalue weighted by Gasteiger charge is 2.31. The summed E-state index contributed by atoms with van der Waals surface area (Å²) >= 11 is 18.0. The Labute approximate surface area is 113 Å². The third-order valence-corrected chi connectivity index (χ3v) is 3.36. The van der Waals surface area contributed by atoms with Crippen molar-refractivity contribution in [1.82, 2.24) is 0 Å². The van der Waals surface area contributed by atoms with Crippen molar-refractivity contribution < 1.29 is 4.79 Å².